The summed E-state index contributed by atoms with van der Waals surface area (Å²) in [5.41, 5.74) is 2.22. The van der Waals surface area contributed by atoms with E-state index in [4.69, 9.17) is 5.11 Å². The van der Waals surface area contributed by atoms with Gasteiger partial charge in [-0.2, -0.15) is 0 Å². The molecule has 0 aromatic heterocycles. The fraction of sp³-hybridized carbons (Fsp3) is 0.636. The molecule has 0 aliphatic heterocycles. The highest BCUT2D eigenvalue weighted by molar-refractivity contribution is 5.78. The van der Waals surface area contributed by atoms with Crippen molar-refractivity contribution < 1.29 is 14.7 Å². The van der Waals surface area contributed by atoms with Crippen LogP contribution in [0, 0.1) is 11.8 Å². The maximum Gasteiger partial charge on any atom is 0.246 e. The van der Waals surface area contributed by atoms with Crippen molar-refractivity contribution in [1.82, 2.24) is 10.4 Å². The number of hydrogen-bond donors (Lipinski definition) is 2. The Morgan fingerprint density at radius 3 is 2.33 bits per heavy atom. The minimum atomic E-state index is -0.284. The molecule has 0 radical (unpaired) electrons. The summed E-state index contributed by atoms with van der Waals surface area (Å²) in [6.45, 7) is 6.97. The average molecular weight is 256 g/mol. The molecule has 102 valence electrons. The molecule has 18 heavy (non-hydrogen) atoms. The smallest absolute Gasteiger partial charge is 0.246 e. The third kappa shape index (κ3) is 5.97. The number of carbonyl (C=O) groups excluding carboxylic acids is 2. The third-order valence-electron chi connectivity index (χ3n) is 1.97. The zero-order valence-electron chi connectivity index (χ0n) is 11.1. The van der Waals surface area contributed by atoms with Gasteiger partial charge in [0.05, 0.1) is 12.8 Å². The van der Waals surface area contributed by atoms with Crippen LogP contribution in [0.1, 0.15) is 27.7 Å². The lowest BCUT2D eigenvalue weighted by Gasteiger charge is -2.15. The fourth-order valence-corrected chi connectivity index (χ4v) is 0.870. The van der Waals surface area contributed by atoms with Crippen LogP contribution in [0.4, 0.5) is 0 Å². The topological polar surface area (TPSA) is 94.4 Å². The quantitative estimate of drug-likeness (QED) is 0.429. The molecule has 2 amide bonds. The van der Waals surface area contributed by atoms with Crippen LogP contribution in [0.3, 0.4) is 0 Å². The number of nitrogens with one attached hydrogen (secondary N) is 1. The molecule has 0 fully saturated rings. The summed E-state index contributed by atoms with van der Waals surface area (Å²) in [5, 5.41) is 16.7. The van der Waals surface area contributed by atoms with E-state index >= 15 is 0 Å². The van der Waals surface area contributed by atoms with Gasteiger partial charge in [-0.1, -0.05) is 27.7 Å². The van der Waals surface area contributed by atoms with Gasteiger partial charge in [-0.05, 0) is 16.5 Å². The zero-order chi connectivity index (χ0) is 14.1. The van der Waals surface area contributed by atoms with Crippen LogP contribution < -0.4 is 5.43 Å². The average Bonchev–Trinajstić information content (AvgIpc) is 2.31. The number of hydrogen-bond acceptors (Lipinski definition) is 5. The van der Waals surface area contributed by atoms with Crippen molar-refractivity contribution in [3.05, 3.63) is 12.3 Å². The van der Waals surface area contributed by atoms with Crippen molar-refractivity contribution >= 4 is 11.8 Å². The largest absolute Gasteiger partial charge is 0.516 e. The number of rotatable bonds is 6. The van der Waals surface area contributed by atoms with Crippen LogP contribution in [0.25, 0.3) is 0 Å². The molecular formula is C11H20N4O3. The van der Waals surface area contributed by atoms with E-state index in [0.29, 0.717) is 0 Å². The van der Waals surface area contributed by atoms with Gasteiger partial charge in [-0.15, -0.1) is 0 Å². The monoisotopic (exact) mass is 256 g/mol. The van der Waals surface area contributed by atoms with E-state index in [9.17, 15) is 9.59 Å². The summed E-state index contributed by atoms with van der Waals surface area (Å²) in [4.78, 5) is 22.9. The molecule has 7 nitrogen and oxygen atoms in total. The summed E-state index contributed by atoms with van der Waals surface area (Å²) >= 11 is 0. The van der Waals surface area contributed by atoms with Gasteiger partial charge in [-0.25, -0.2) is 10.4 Å². The Balaban J connectivity index is 4.54. The Morgan fingerprint density at radius 1 is 1.28 bits per heavy atom. The first-order valence-electron chi connectivity index (χ1n) is 5.71. The van der Waals surface area contributed by atoms with Crippen molar-refractivity contribution in [2.75, 3.05) is 6.54 Å². The molecule has 0 aromatic rings. The third-order valence-corrected chi connectivity index (χ3v) is 1.97. The van der Waals surface area contributed by atoms with Crippen molar-refractivity contribution in [1.29, 1.82) is 0 Å². The van der Waals surface area contributed by atoms with Gasteiger partial charge in [0.1, 0.15) is 0 Å². The zero-order valence-corrected chi connectivity index (χ0v) is 11.1. The minimum absolute atomic E-state index is 0.0918. The van der Waals surface area contributed by atoms with Gasteiger partial charge in [-0.3, -0.25) is 9.59 Å². The van der Waals surface area contributed by atoms with Gasteiger partial charge in [0, 0.05) is 11.8 Å². The highest BCUT2D eigenvalue weighted by atomic mass is 16.2. The van der Waals surface area contributed by atoms with E-state index in [-0.39, 0.29) is 30.2 Å². The number of nitrogens with zero attached hydrogens (tertiary/aromatic N) is 3. The van der Waals surface area contributed by atoms with Crippen molar-refractivity contribution in [2.45, 2.75) is 27.7 Å². The van der Waals surface area contributed by atoms with Gasteiger partial charge in [0.2, 0.25) is 11.8 Å². The number of carbonyl (C=O) groups is 2. The number of aliphatic hydroxyl groups excluding tert-OH is 1. The Hall–Kier alpha value is -1.92. The predicted molar refractivity (Wildman–Crippen MR) is 66.2 cm³/mol. The van der Waals surface area contributed by atoms with E-state index in [0.717, 1.165) is 11.3 Å². The van der Waals surface area contributed by atoms with Crippen LogP contribution in [0.15, 0.2) is 22.8 Å². The number of aliphatic hydroxyl groups is 1. The van der Waals surface area contributed by atoms with E-state index in [1.165, 1.54) is 6.08 Å². The molecule has 0 aliphatic rings. The van der Waals surface area contributed by atoms with Crippen LogP contribution in [0.2, 0.25) is 0 Å². The first-order valence-corrected chi connectivity index (χ1v) is 5.71. The minimum Gasteiger partial charge on any atom is -0.516 e. The first kappa shape index (κ1) is 16.1. The number of amides is 2. The van der Waals surface area contributed by atoms with Crippen LogP contribution in [0.5, 0.6) is 0 Å². The van der Waals surface area contributed by atoms with E-state index in [2.05, 4.69) is 15.9 Å². The van der Waals surface area contributed by atoms with Crippen LogP contribution in [-0.4, -0.2) is 28.5 Å². The normalized spacial score (nSPS) is 11.7. The Kier molecular flexibility index (Phi) is 7.34. The lowest BCUT2D eigenvalue weighted by Crippen LogP contribution is -2.31. The second-order valence-electron chi connectivity index (χ2n) is 4.28. The summed E-state index contributed by atoms with van der Waals surface area (Å²) in [5.74, 6) is -1.00. The molecule has 0 aromatic carbocycles. The van der Waals surface area contributed by atoms with Gasteiger partial charge >= 0.3 is 0 Å². The highest BCUT2D eigenvalue weighted by Gasteiger charge is 2.15. The molecule has 0 spiro atoms. The Bertz CT molecular complexity index is 337. The molecule has 7 heteroatoms. The second-order valence-corrected chi connectivity index (χ2v) is 4.28. The SMILES string of the molecule is CC(C)C(=O)NN=NN(CC=CO)C(=O)C(C)C. The summed E-state index contributed by atoms with van der Waals surface area (Å²) < 4.78 is 0. The molecular weight excluding hydrogens is 236 g/mol. The molecule has 2 N–H and O–H groups in total. The van der Waals surface area contributed by atoms with E-state index < -0.39 is 0 Å². The molecule has 0 heterocycles. The van der Waals surface area contributed by atoms with Crippen molar-refractivity contribution in [3.63, 3.8) is 0 Å². The molecule has 0 aliphatic carbocycles. The molecule has 0 atom stereocenters. The molecule has 0 rings (SSSR count). The fourth-order valence-electron chi connectivity index (χ4n) is 0.870. The van der Waals surface area contributed by atoms with Crippen LogP contribution >= 0.6 is 0 Å². The Morgan fingerprint density at radius 2 is 1.89 bits per heavy atom. The van der Waals surface area contributed by atoms with Gasteiger partial charge in [0.25, 0.3) is 0 Å². The molecule has 0 saturated carbocycles. The summed E-state index contributed by atoms with van der Waals surface area (Å²) in [6, 6.07) is 0. The van der Waals surface area contributed by atoms with Crippen LogP contribution in [-0.2, 0) is 9.59 Å². The lowest BCUT2D eigenvalue weighted by molar-refractivity contribution is -0.135. The molecule has 0 saturated heterocycles. The molecule has 0 bridgehead atoms. The van der Waals surface area contributed by atoms with Crippen molar-refractivity contribution in [2.24, 2.45) is 22.3 Å². The van der Waals surface area contributed by atoms with E-state index in [1.54, 1.807) is 27.7 Å². The second kappa shape index (κ2) is 8.21. The van der Waals surface area contributed by atoms with Crippen molar-refractivity contribution in [3.8, 4) is 0 Å². The van der Waals surface area contributed by atoms with E-state index in [1.807, 2.05) is 0 Å². The maximum atomic E-state index is 11.7. The maximum absolute atomic E-state index is 11.7. The standard InChI is InChI=1S/C11H20N4O3/c1-8(2)10(17)12-13-14-15(6-5-7-16)11(18)9(3)4/h5,7-9,16H,6H2,1-4H3,(H,12,14,17). The van der Waals surface area contributed by atoms with Gasteiger partial charge in [0.15, 0.2) is 0 Å². The van der Waals surface area contributed by atoms with Gasteiger partial charge < -0.3 is 5.11 Å². The lowest BCUT2D eigenvalue weighted by atomic mass is 10.2. The molecule has 0 unspecified atom stereocenters. The highest BCUT2D eigenvalue weighted by Crippen LogP contribution is 2.02. The Labute approximate surface area is 107 Å². The first-order chi connectivity index (χ1) is 8.40. The summed E-state index contributed by atoms with van der Waals surface area (Å²) in [7, 11) is 0. The summed E-state index contributed by atoms with van der Waals surface area (Å²) in [6.07, 6.45) is 2.17. The predicted octanol–water partition coefficient (Wildman–Crippen LogP) is 1.60.